The SMILES string of the molecule is CCOC(=O)C1C(=O)COC12CCC(C)CC2. The minimum absolute atomic E-state index is 0.0673. The van der Waals surface area contributed by atoms with Gasteiger partial charge < -0.3 is 9.47 Å². The van der Waals surface area contributed by atoms with Crippen molar-refractivity contribution in [3.8, 4) is 0 Å². The summed E-state index contributed by atoms with van der Waals surface area (Å²) in [6, 6.07) is 0. The molecule has 2 fully saturated rings. The van der Waals surface area contributed by atoms with E-state index in [-0.39, 0.29) is 12.4 Å². The third kappa shape index (κ3) is 2.23. The molecule has 0 bridgehead atoms. The van der Waals surface area contributed by atoms with Crippen molar-refractivity contribution >= 4 is 11.8 Å². The molecule has 4 heteroatoms. The number of ketones is 1. The van der Waals surface area contributed by atoms with E-state index < -0.39 is 17.5 Å². The quantitative estimate of drug-likeness (QED) is 0.544. The lowest BCUT2D eigenvalue weighted by Gasteiger charge is -2.37. The second-order valence-electron chi connectivity index (χ2n) is 5.19. The second-order valence-corrected chi connectivity index (χ2v) is 5.19. The Balaban J connectivity index is 2.15. The van der Waals surface area contributed by atoms with Crippen molar-refractivity contribution in [2.45, 2.75) is 45.1 Å². The smallest absolute Gasteiger partial charge is 0.319 e. The number of esters is 1. The molecule has 1 spiro atoms. The van der Waals surface area contributed by atoms with E-state index >= 15 is 0 Å². The molecular formula is C13H20O4. The van der Waals surface area contributed by atoms with Gasteiger partial charge in [-0.25, -0.2) is 0 Å². The van der Waals surface area contributed by atoms with Crippen LogP contribution in [0, 0.1) is 11.8 Å². The van der Waals surface area contributed by atoms with E-state index in [2.05, 4.69) is 6.92 Å². The molecule has 17 heavy (non-hydrogen) atoms. The number of carbonyl (C=O) groups is 2. The highest BCUT2D eigenvalue weighted by Gasteiger charge is 2.54. The van der Waals surface area contributed by atoms with Gasteiger partial charge >= 0.3 is 5.97 Å². The monoisotopic (exact) mass is 240 g/mol. The Morgan fingerprint density at radius 1 is 1.47 bits per heavy atom. The highest BCUT2D eigenvalue weighted by Crippen LogP contribution is 2.44. The Hall–Kier alpha value is -0.900. The van der Waals surface area contributed by atoms with Crippen molar-refractivity contribution in [2.24, 2.45) is 11.8 Å². The molecule has 0 aromatic heterocycles. The first kappa shape index (κ1) is 12.6. The number of hydrogen-bond donors (Lipinski definition) is 0. The van der Waals surface area contributed by atoms with Crippen LogP contribution in [0.1, 0.15) is 39.5 Å². The Bertz CT molecular complexity index is 315. The van der Waals surface area contributed by atoms with Crippen molar-refractivity contribution in [1.82, 2.24) is 0 Å². The van der Waals surface area contributed by atoms with Crippen LogP contribution in [-0.4, -0.2) is 30.6 Å². The largest absolute Gasteiger partial charge is 0.465 e. The summed E-state index contributed by atoms with van der Waals surface area (Å²) in [5, 5.41) is 0. The molecule has 1 unspecified atom stereocenters. The molecule has 1 aliphatic heterocycles. The molecule has 0 amide bonds. The van der Waals surface area contributed by atoms with Gasteiger partial charge in [-0.05, 0) is 38.5 Å². The van der Waals surface area contributed by atoms with Gasteiger partial charge in [0.25, 0.3) is 0 Å². The molecule has 1 aliphatic carbocycles. The first-order chi connectivity index (χ1) is 8.09. The van der Waals surface area contributed by atoms with Crippen molar-refractivity contribution < 1.29 is 19.1 Å². The molecule has 2 rings (SSSR count). The lowest BCUT2D eigenvalue weighted by molar-refractivity contribution is -0.158. The minimum atomic E-state index is -0.685. The van der Waals surface area contributed by atoms with Crippen LogP contribution < -0.4 is 0 Å². The summed E-state index contributed by atoms with van der Waals surface area (Å²) in [7, 11) is 0. The van der Waals surface area contributed by atoms with Gasteiger partial charge in [0.05, 0.1) is 12.2 Å². The number of hydrogen-bond acceptors (Lipinski definition) is 4. The lowest BCUT2D eigenvalue weighted by Crippen LogP contribution is -2.45. The Kier molecular flexibility index (Phi) is 3.52. The first-order valence-corrected chi connectivity index (χ1v) is 6.42. The third-order valence-electron chi connectivity index (χ3n) is 3.99. The minimum Gasteiger partial charge on any atom is -0.465 e. The van der Waals surface area contributed by atoms with Crippen LogP contribution in [0.5, 0.6) is 0 Å². The molecular weight excluding hydrogens is 220 g/mol. The molecule has 0 aromatic rings. The molecule has 2 aliphatic rings. The normalized spacial score (nSPS) is 37.4. The van der Waals surface area contributed by atoms with Crippen LogP contribution in [0.2, 0.25) is 0 Å². The Morgan fingerprint density at radius 3 is 2.71 bits per heavy atom. The zero-order chi connectivity index (χ0) is 12.5. The molecule has 96 valence electrons. The molecule has 1 saturated carbocycles. The van der Waals surface area contributed by atoms with E-state index in [1.54, 1.807) is 6.92 Å². The molecule has 1 heterocycles. The summed E-state index contributed by atoms with van der Waals surface area (Å²) in [6.07, 6.45) is 3.62. The average molecular weight is 240 g/mol. The Labute approximate surface area is 102 Å². The van der Waals surface area contributed by atoms with Gasteiger partial charge in [-0.2, -0.15) is 0 Å². The van der Waals surface area contributed by atoms with E-state index in [9.17, 15) is 9.59 Å². The van der Waals surface area contributed by atoms with Gasteiger partial charge in [0.2, 0.25) is 0 Å². The van der Waals surface area contributed by atoms with Crippen molar-refractivity contribution in [3.05, 3.63) is 0 Å². The summed E-state index contributed by atoms with van der Waals surface area (Å²) >= 11 is 0. The van der Waals surface area contributed by atoms with E-state index in [0.29, 0.717) is 12.5 Å². The molecule has 4 nitrogen and oxygen atoms in total. The summed E-state index contributed by atoms with van der Waals surface area (Å²) in [6.45, 7) is 4.34. The van der Waals surface area contributed by atoms with Gasteiger partial charge in [-0.15, -0.1) is 0 Å². The van der Waals surface area contributed by atoms with Gasteiger partial charge in [0, 0.05) is 0 Å². The molecule has 1 saturated heterocycles. The van der Waals surface area contributed by atoms with Crippen molar-refractivity contribution in [2.75, 3.05) is 13.2 Å². The fourth-order valence-electron chi connectivity index (χ4n) is 2.93. The average Bonchev–Trinajstić information content (AvgIpc) is 2.61. The number of carbonyl (C=O) groups excluding carboxylic acids is 2. The van der Waals surface area contributed by atoms with Crippen LogP contribution >= 0.6 is 0 Å². The predicted molar refractivity (Wildman–Crippen MR) is 61.4 cm³/mol. The molecule has 1 atom stereocenters. The maximum atomic E-state index is 11.9. The molecule has 0 aromatic carbocycles. The zero-order valence-electron chi connectivity index (χ0n) is 10.5. The number of Topliss-reactive ketones (excluding diaryl/α,β-unsaturated/α-hetero) is 1. The van der Waals surface area contributed by atoms with E-state index in [0.717, 1.165) is 25.7 Å². The van der Waals surface area contributed by atoms with E-state index in [1.165, 1.54) is 0 Å². The summed E-state index contributed by atoms with van der Waals surface area (Å²) < 4.78 is 10.7. The highest BCUT2D eigenvalue weighted by molar-refractivity contribution is 6.02. The van der Waals surface area contributed by atoms with E-state index in [1.807, 2.05) is 0 Å². The zero-order valence-corrected chi connectivity index (χ0v) is 10.5. The van der Waals surface area contributed by atoms with Crippen molar-refractivity contribution in [3.63, 3.8) is 0 Å². The van der Waals surface area contributed by atoms with E-state index in [4.69, 9.17) is 9.47 Å². The van der Waals surface area contributed by atoms with Gasteiger partial charge in [0.15, 0.2) is 5.78 Å². The van der Waals surface area contributed by atoms with Gasteiger partial charge in [-0.1, -0.05) is 6.92 Å². The highest BCUT2D eigenvalue weighted by atomic mass is 16.5. The van der Waals surface area contributed by atoms with Crippen LogP contribution in [0.15, 0.2) is 0 Å². The van der Waals surface area contributed by atoms with Gasteiger partial charge in [0.1, 0.15) is 12.5 Å². The van der Waals surface area contributed by atoms with Crippen LogP contribution in [0.4, 0.5) is 0 Å². The Morgan fingerprint density at radius 2 is 2.12 bits per heavy atom. The summed E-state index contributed by atoms with van der Waals surface area (Å²) in [5.41, 5.74) is -0.560. The predicted octanol–water partition coefficient (Wildman–Crippen LogP) is 1.71. The number of ether oxygens (including phenoxy) is 2. The summed E-state index contributed by atoms with van der Waals surface area (Å²) in [4.78, 5) is 23.7. The lowest BCUT2D eigenvalue weighted by atomic mass is 9.72. The van der Waals surface area contributed by atoms with Crippen molar-refractivity contribution in [1.29, 1.82) is 0 Å². The second kappa shape index (κ2) is 4.77. The molecule has 0 radical (unpaired) electrons. The fourth-order valence-corrected chi connectivity index (χ4v) is 2.93. The fraction of sp³-hybridized carbons (Fsp3) is 0.846. The van der Waals surface area contributed by atoms with Crippen LogP contribution in [0.3, 0.4) is 0 Å². The van der Waals surface area contributed by atoms with Gasteiger partial charge in [-0.3, -0.25) is 9.59 Å². The first-order valence-electron chi connectivity index (χ1n) is 6.42. The standard InChI is InChI=1S/C13H20O4/c1-3-16-12(15)11-10(14)8-17-13(11)6-4-9(2)5-7-13/h9,11H,3-8H2,1-2H3. The molecule has 0 N–H and O–H groups in total. The van der Waals surface area contributed by atoms with Crippen LogP contribution in [-0.2, 0) is 19.1 Å². The van der Waals surface area contributed by atoms with Crippen LogP contribution in [0.25, 0.3) is 0 Å². The maximum absolute atomic E-state index is 11.9. The summed E-state index contributed by atoms with van der Waals surface area (Å²) in [5.74, 6) is -0.541. The topological polar surface area (TPSA) is 52.6 Å². The third-order valence-corrected chi connectivity index (χ3v) is 3.99. The number of rotatable bonds is 2. The maximum Gasteiger partial charge on any atom is 0.319 e.